The van der Waals surface area contributed by atoms with Crippen LogP contribution < -0.4 is 10.6 Å². The largest absolute Gasteiger partial charge is 0.417 e. The summed E-state index contributed by atoms with van der Waals surface area (Å²) in [5, 5.41) is 9.91. The Balaban J connectivity index is 1.90. The van der Waals surface area contributed by atoms with E-state index in [0.717, 1.165) is 17.8 Å². The van der Waals surface area contributed by atoms with Gasteiger partial charge in [-0.15, -0.1) is 0 Å². The zero-order valence-corrected chi connectivity index (χ0v) is 16.3. The van der Waals surface area contributed by atoms with E-state index in [4.69, 9.17) is 4.74 Å². The van der Waals surface area contributed by atoms with Gasteiger partial charge in [0.15, 0.2) is 0 Å². The normalized spacial score (nSPS) is 11.4. The predicted octanol–water partition coefficient (Wildman–Crippen LogP) is 3.62. The lowest BCUT2D eigenvalue weighted by atomic mass is 10.0. The van der Waals surface area contributed by atoms with Gasteiger partial charge in [-0.3, -0.25) is 9.48 Å². The predicted molar refractivity (Wildman–Crippen MR) is 105 cm³/mol. The number of alkyl halides is 3. The SMILES string of the molecule is COCCNC(=O)c1ccc(Nc2ccc(C(F)(F)F)cn2)c(-c2cnn(C)c2)c1. The van der Waals surface area contributed by atoms with Crippen molar-refractivity contribution in [1.82, 2.24) is 20.1 Å². The van der Waals surface area contributed by atoms with Gasteiger partial charge in [0.1, 0.15) is 5.82 Å². The molecule has 0 fully saturated rings. The number of nitrogens with one attached hydrogen (secondary N) is 2. The third-order valence-corrected chi connectivity index (χ3v) is 4.24. The number of carbonyl (C=O) groups is 1. The zero-order chi connectivity index (χ0) is 21.7. The summed E-state index contributed by atoms with van der Waals surface area (Å²) >= 11 is 0. The second-order valence-electron chi connectivity index (χ2n) is 6.47. The van der Waals surface area contributed by atoms with Crippen LogP contribution in [-0.2, 0) is 18.0 Å². The summed E-state index contributed by atoms with van der Waals surface area (Å²) in [6.07, 6.45) is -0.283. The minimum Gasteiger partial charge on any atom is -0.383 e. The fourth-order valence-corrected chi connectivity index (χ4v) is 2.74. The third-order valence-electron chi connectivity index (χ3n) is 4.24. The van der Waals surface area contributed by atoms with Crippen LogP contribution in [0.1, 0.15) is 15.9 Å². The van der Waals surface area contributed by atoms with Crippen LogP contribution in [0.15, 0.2) is 48.9 Å². The Bertz CT molecular complexity index is 1020. The number of amides is 1. The van der Waals surface area contributed by atoms with E-state index in [0.29, 0.717) is 30.0 Å². The van der Waals surface area contributed by atoms with Crippen molar-refractivity contribution in [2.45, 2.75) is 6.18 Å². The smallest absolute Gasteiger partial charge is 0.383 e. The van der Waals surface area contributed by atoms with Gasteiger partial charge in [-0.2, -0.15) is 18.3 Å². The molecule has 3 rings (SSSR count). The number of pyridine rings is 1. The van der Waals surface area contributed by atoms with Crippen LogP contribution in [0.4, 0.5) is 24.7 Å². The summed E-state index contributed by atoms with van der Waals surface area (Å²) in [5.74, 6) is -0.0261. The van der Waals surface area contributed by atoms with Crippen molar-refractivity contribution in [3.8, 4) is 11.1 Å². The van der Waals surface area contributed by atoms with Crippen molar-refractivity contribution in [2.75, 3.05) is 25.6 Å². The Morgan fingerprint density at radius 1 is 1.20 bits per heavy atom. The van der Waals surface area contributed by atoms with Gasteiger partial charge in [-0.05, 0) is 30.3 Å². The number of methoxy groups -OCH3 is 1. The average molecular weight is 419 g/mol. The maximum absolute atomic E-state index is 12.8. The number of hydrogen-bond acceptors (Lipinski definition) is 5. The van der Waals surface area contributed by atoms with Crippen LogP contribution in [0.2, 0.25) is 0 Å². The Hall–Kier alpha value is -3.40. The molecular weight excluding hydrogens is 399 g/mol. The molecule has 2 N–H and O–H groups in total. The highest BCUT2D eigenvalue weighted by Gasteiger charge is 2.30. The number of benzene rings is 1. The first kappa shape index (κ1) is 21.3. The average Bonchev–Trinajstić information content (AvgIpc) is 3.14. The molecule has 2 aromatic heterocycles. The van der Waals surface area contributed by atoms with E-state index < -0.39 is 11.7 Å². The third kappa shape index (κ3) is 5.15. The van der Waals surface area contributed by atoms with Crippen LogP contribution in [0.3, 0.4) is 0 Å². The topological polar surface area (TPSA) is 81.1 Å². The number of anilines is 2. The highest BCUT2D eigenvalue weighted by Crippen LogP contribution is 2.32. The molecule has 0 saturated carbocycles. The van der Waals surface area contributed by atoms with E-state index in [1.165, 1.54) is 6.07 Å². The first-order chi connectivity index (χ1) is 14.3. The second kappa shape index (κ2) is 8.95. The van der Waals surface area contributed by atoms with E-state index in [-0.39, 0.29) is 11.7 Å². The molecule has 30 heavy (non-hydrogen) atoms. The Kier molecular flexibility index (Phi) is 6.36. The van der Waals surface area contributed by atoms with Gasteiger partial charge in [0.05, 0.1) is 18.4 Å². The summed E-state index contributed by atoms with van der Waals surface area (Å²) < 4.78 is 44.8. The molecule has 0 unspecified atom stereocenters. The maximum Gasteiger partial charge on any atom is 0.417 e. The van der Waals surface area contributed by atoms with Crippen molar-refractivity contribution >= 4 is 17.4 Å². The molecule has 0 radical (unpaired) electrons. The van der Waals surface area contributed by atoms with Crippen LogP contribution in [-0.4, -0.2) is 40.9 Å². The van der Waals surface area contributed by atoms with Crippen molar-refractivity contribution in [1.29, 1.82) is 0 Å². The summed E-state index contributed by atoms with van der Waals surface area (Å²) in [6.45, 7) is 0.757. The molecule has 158 valence electrons. The lowest BCUT2D eigenvalue weighted by molar-refractivity contribution is -0.137. The zero-order valence-electron chi connectivity index (χ0n) is 16.3. The quantitative estimate of drug-likeness (QED) is 0.572. The van der Waals surface area contributed by atoms with Gasteiger partial charge >= 0.3 is 6.18 Å². The van der Waals surface area contributed by atoms with Crippen molar-refractivity contribution in [3.05, 3.63) is 60.0 Å². The minimum atomic E-state index is -4.45. The fraction of sp³-hybridized carbons (Fsp3) is 0.250. The first-order valence-corrected chi connectivity index (χ1v) is 8.98. The van der Waals surface area contributed by atoms with Gasteiger partial charge < -0.3 is 15.4 Å². The van der Waals surface area contributed by atoms with Crippen LogP contribution in [0.25, 0.3) is 11.1 Å². The van der Waals surface area contributed by atoms with E-state index in [2.05, 4.69) is 20.7 Å². The number of rotatable bonds is 7. The van der Waals surface area contributed by atoms with E-state index in [1.807, 2.05) is 0 Å². The molecule has 10 heteroatoms. The van der Waals surface area contributed by atoms with Gasteiger partial charge in [0.25, 0.3) is 5.91 Å². The van der Waals surface area contributed by atoms with E-state index in [9.17, 15) is 18.0 Å². The Morgan fingerprint density at radius 3 is 2.60 bits per heavy atom. The number of carbonyl (C=O) groups excluding carboxylic acids is 1. The molecule has 0 atom stereocenters. The lowest BCUT2D eigenvalue weighted by Gasteiger charge is -2.13. The van der Waals surface area contributed by atoms with Gasteiger partial charge in [-0.1, -0.05) is 0 Å². The Labute approximate surface area is 170 Å². The molecule has 0 saturated heterocycles. The Morgan fingerprint density at radius 2 is 2.00 bits per heavy atom. The first-order valence-electron chi connectivity index (χ1n) is 8.98. The minimum absolute atomic E-state index is 0.241. The molecule has 1 aromatic carbocycles. The van der Waals surface area contributed by atoms with Crippen molar-refractivity contribution in [3.63, 3.8) is 0 Å². The van der Waals surface area contributed by atoms with Crippen LogP contribution in [0.5, 0.6) is 0 Å². The number of ether oxygens (including phenoxy) is 1. The van der Waals surface area contributed by atoms with E-state index in [1.54, 1.807) is 49.4 Å². The van der Waals surface area contributed by atoms with Crippen LogP contribution in [0, 0.1) is 0 Å². The summed E-state index contributed by atoms with van der Waals surface area (Å²) in [4.78, 5) is 16.2. The molecule has 0 spiro atoms. The van der Waals surface area contributed by atoms with Gasteiger partial charge in [-0.25, -0.2) is 4.98 Å². The summed E-state index contributed by atoms with van der Waals surface area (Å²) in [6, 6.07) is 7.19. The number of aromatic nitrogens is 3. The highest BCUT2D eigenvalue weighted by molar-refractivity contribution is 5.97. The maximum atomic E-state index is 12.8. The second-order valence-corrected chi connectivity index (χ2v) is 6.47. The number of hydrogen-bond donors (Lipinski definition) is 2. The summed E-state index contributed by atoms with van der Waals surface area (Å²) in [7, 11) is 3.30. The monoisotopic (exact) mass is 419 g/mol. The summed E-state index contributed by atoms with van der Waals surface area (Å²) in [5.41, 5.74) is 1.56. The molecule has 0 aliphatic carbocycles. The van der Waals surface area contributed by atoms with Gasteiger partial charge in [0, 0.05) is 55.5 Å². The molecule has 0 bridgehead atoms. The number of aryl methyl sites for hydroxylation is 1. The standard InChI is InChI=1S/C20H20F3N5O2/c1-28-12-14(10-26-28)16-9-13(19(29)24-7-8-30-2)3-5-17(16)27-18-6-4-15(11-25-18)20(21,22)23/h3-6,9-12H,7-8H2,1-2H3,(H,24,29)(H,25,27). The fourth-order valence-electron chi connectivity index (χ4n) is 2.74. The molecule has 0 aliphatic rings. The highest BCUT2D eigenvalue weighted by atomic mass is 19.4. The number of halogens is 3. The molecule has 2 heterocycles. The van der Waals surface area contributed by atoms with Crippen molar-refractivity contribution < 1.29 is 22.7 Å². The molecule has 7 nitrogen and oxygen atoms in total. The van der Waals surface area contributed by atoms with E-state index >= 15 is 0 Å². The van der Waals surface area contributed by atoms with Crippen molar-refractivity contribution in [2.24, 2.45) is 7.05 Å². The molecule has 1 amide bonds. The molecule has 0 aliphatic heterocycles. The van der Waals surface area contributed by atoms with Crippen LogP contribution >= 0.6 is 0 Å². The van der Waals surface area contributed by atoms with Gasteiger partial charge in [0.2, 0.25) is 0 Å². The molecular formula is C20H20F3N5O2. The molecule has 3 aromatic rings. The lowest BCUT2D eigenvalue weighted by Crippen LogP contribution is -2.26. The number of nitrogens with zero attached hydrogens (tertiary/aromatic N) is 3.